The molecule has 2 heterocycles. The number of rotatable bonds is 4. The van der Waals surface area contributed by atoms with Gasteiger partial charge >= 0.3 is 0 Å². The smallest absolute Gasteiger partial charge is 0.272 e. The predicted molar refractivity (Wildman–Crippen MR) is 79.1 cm³/mol. The quantitative estimate of drug-likeness (QED) is 0.788. The minimum atomic E-state index is -3.04. The van der Waals surface area contributed by atoms with Crippen molar-refractivity contribution >= 4 is 27.5 Å². The number of aromatic nitrogens is 2. The van der Waals surface area contributed by atoms with Crippen molar-refractivity contribution in [3.63, 3.8) is 0 Å². The Kier molecular flexibility index (Phi) is 3.67. The lowest BCUT2D eigenvalue weighted by molar-refractivity contribution is -0.117. The SMILES string of the molecule is Cn1nc(C(=O)N[C@H]2CCS(=O)(=O)C2)cc1NC(=O)C1CC1. The van der Waals surface area contributed by atoms with Crippen LogP contribution in [0.5, 0.6) is 0 Å². The summed E-state index contributed by atoms with van der Waals surface area (Å²) in [7, 11) is -1.40. The highest BCUT2D eigenvalue weighted by atomic mass is 32.2. The van der Waals surface area contributed by atoms with Crippen molar-refractivity contribution in [2.45, 2.75) is 25.3 Å². The molecule has 1 atom stereocenters. The Hall–Kier alpha value is -1.90. The summed E-state index contributed by atoms with van der Waals surface area (Å²) in [6, 6.07) is 1.13. The molecular formula is C13H18N4O4S. The molecule has 1 aliphatic carbocycles. The van der Waals surface area contributed by atoms with Gasteiger partial charge in [0, 0.05) is 25.1 Å². The van der Waals surface area contributed by atoms with E-state index in [1.54, 1.807) is 7.05 Å². The third-order valence-electron chi connectivity index (χ3n) is 3.88. The van der Waals surface area contributed by atoms with Gasteiger partial charge in [-0.25, -0.2) is 8.42 Å². The molecule has 2 aliphatic rings. The van der Waals surface area contributed by atoms with Crippen LogP contribution in [0.3, 0.4) is 0 Å². The first-order chi connectivity index (χ1) is 10.3. The third-order valence-corrected chi connectivity index (χ3v) is 5.65. The predicted octanol–water partition coefficient (Wildman–Crippen LogP) is -0.314. The van der Waals surface area contributed by atoms with Crippen LogP contribution in [0.4, 0.5) is 5.82 Å². The largest absolute Gasteiger partial charge is 0.347 e. The van der Waals surface area contributed by atoms with Gasteiger partial charge in [-0.05, 0) is 19.3 Å². The first-order valence-electron chi connectivity index (χ1n) is 7.20. The summed E-state index contributed by atoms with van der Waals surface area (Å²) in [5.74, 6) is 0.109. The van der Waals surface area contributed by atoms with Gasteiger partial charge in [0.15, 0.2) is 15.5 Å². The molecular weight excluding hydrogens is 308 g/mol. The lowest BCUT2D eigenvalue weighted by atomic mass is 10.2. The van der Waals surface area contributed by atoms with Crippen molar-refractivity contribution in [1.82, 2.24) is 15.1 Å². The standard InChI is InChI=1S/C13H18N4O4S/c1-17-11(15-12(18)8-2-3-8)6-10(16-17)13(19)14-9-4-5-22(20,21)7-9/h6,8-9H,2-5,7H2,1H3,(H,14,19)(H,15,18)/t9-/m0/s1. The summed E-state index contributed by atoms with van der Waals surface area (Å²) in [5.41, 5.74) is 0.165. The Morgan fingerprint density at radius 2 is 2.05 bits per heavy atom. The maximum absolute atomic E-state index is 12.1. The van der Waals surface area contributed by atoms with Crippen molar-refractivity contribution in [3.05, 3.63) is 11.8 Å². The average Bonchev–Trinajstić information content (AvgIpc) is 3.15. The number of hydrogen-bond acceptors (Lipinski definition) is 5. The molecule has 9 heteroatoms. The lowest BCUT2D eigenvalue weighted by Gasteiger charge is -2.08. The fraction of sp³-hybridized carbons (Fsp3) is 0.615. The molecule has 1 saturated carbocycles. The van der Waals surface area contributed by atoms with Crippen LogP contribution >= 0.6 is 0 Å². The summed E-state index contributed by atoms with van der Waals surface area (Å²) in [5, 5.41) is 9.48. The van der Waals surface area contributed by atoms with Crippen molar-refractivity contribution in [1.29, 1.82) is 0 Å². The van der Waals surface area contributed by atoms with E-state index >= 15 is 0 Å². The second-order valence-corrected chi connectivity index (χ2v) is 8.10. The van der Waals surface area contributed by atoms with Crippen LogP contribution in [-0.4, -0.2) is 47.6 Å². The van der Waals surface area contributed by atoms with Crippen LogP contribution in [0.25, 0.3) is 0 Å². The number of hydrogen-bond donors (Lipinski definition) is 2. The lowest BCUT2D eigenvalue weighted by Crippen LogP contribution is -2.35. The fourth-order valence-corrected chi connectivity index (χ4v) is 4.11. The number of nitrogens with one attached hydrogen (secondary N) is 2. The molecule has 1 aliphatic heterocycles. The van der Waals surface area contributed by atoms with Crippen LogP contribution in [0.15, 0.2) is 6.07 Å². The van der Waals surface area contributed by atoms with Gasteiger partial charge in [0.05, 0.1) is 11.5 Å². The molecule has 8 nitrogen and oxygen atoms in total. The van der Waals surface area contributed by atoms with E-state index in [2.05, 4.69) is 15.7 Å². The third kappa shape index (κ3) is 3.29. The second kappa shape index (κ2) is 5.38. The first-order valence-corrected chi connectivity index (χ1v) is 9.02. The molecule has 120 valence electrons. The molecule has 1 aromatic rings. The number of aryl methyl sites for hydroxylation is 1. The van der Waals surface area contributed by atoms with Gasteiger partial charge in [-0.2, -0.15) is 5.10 Å². The molecule has 1 saturated heterocycles. The Balaban J connectivity index is 1.64. The number of carbonyl (C=O) groups excluding carboxylic acids is 2. The van der Waals surface area contributed by atoms with Gasteiger partial charge < -0.3 is 10.6 Å². The molecule has 2 fully saturated rings. The fourth-order valence-electron chi connectivity index (χ4n) is 2.44. The van der Waals surface area contributed by atoms with Crippen LogP contribution < -0.4 is 10.6 Å². The topological polar surface area (TPSA) is 110 Å². The van der Waals surface area contributed by atoms with Gasteiger partial charge in [0.25, 0.3) is 5.91 Å². The molecule has 0 unspecified atom stereocenters. The molecule has 0 spiro atoms. The molecule has 1 aromatic heterocycles. The van der Waals surface area contributed by atoms with Crippen molar-refractivity contribution in [3.8, 4) is 0 Å². The van der Waals surface area contributed by atoms with E-state index < -0.39 is 15.7 Å². The molecule has 22 heavy (non-hydrogen) atoms. The summed E-state index contributed by atoms with van der Waals surface area (Å²) >= 11 is 0. The highest BCUT2D eigenvalue weighted by Crippen LogP contribution is 2.30. The van der Waals surface area contributed by atoms with E-state index in [4.69, 9.17) is 0 Å². The molecule has 3 rings (SSSR count). The van der Waals surface area contributed by atoms with E-state index in [-0.39, 0.29) is 35.1 Å². The maximum atomic E-state index is 12.1. The average molecular weight is 326 g/mol. The number of amides is 2. The van der Waals surface area contributed by atoms with Gasteiger partial charge in [-0.3, -0.25) is 14.3 Å². The Morgan fingerprint density at radius 1 is 1.32 bits per heavy atom. The second-order valence-electron chi connectivity index (χ2n) is 5.88. The monoisotopic (exact) mass is 326 g/mol. The summed E-state index contributed by atoms with van der Waals surface area (Å²) in [4.78, 5) is 23.9. The highest BCUT2D eigenvalue weighted by molar-refractivity contribution is 7.91. The molecule has 0 bridgehead atoms. The zero-order valence-corrected chi connectivity index (χ0v) is 13.0. The maximum Gasteiger partial charge on any atom is 0.272 e. The van der Waals surface area contributed by atoms with Crippen molar-refractivity contribution in [2.24, 2.45) is 13.0 Å². The molecule has 0 aromatic carbocycles. The number of nitrogens with zero attached hydrogens (tertiary/aromatic N) is 2. The minimum Gasteiger partial charge on any atom is -0.347 e. The Bertz CT molecular complexity index is 720. The van der Waals surface area contributed by atoms with E-state index in [0.29, 0.717) is 12.2 Å². The summed E-state index contributed by atoms with van der Waals surface area (Å²) in [6.45, 7) is 0. The van der Waals surface area contributed by atoms with Crippen molar-refractivity contribution in [2.75, 3.05) is 16.8 Å². The summed E-state index contributed by atoms with van der Waals surface area (Å²) in [6.07, 6.45) is 2.21. The number of anilines is 1. The summed E-state index contributed by atoms with van der Waals surface area (Å²) < 4.78 is 24.2. The highest BCUT2D eigenvalue weighted by Gasteiger charge is 2.31. The molecule has 2 N–H and O–H groups in total. The van der Waals surface area contributed by atoms with Gasteiger partial charge in [-0.1, -0.05) is 0 Å². The number of carbonyl (C=O) groups is 2. The van der Waals surface area contributed by atoms with Gasteiger partial charge in [0.2, 0.25) is 5.91 Å². The van der Waals surface area contributed by atoms with Crippen LogP contribution in [0, 0.1) is 5.92 Å². The Labute approximate surface area is 128 Å². The van der Waals surface area contributed by atoms with Gasteiger partial charge in [-0.15, -0.1) is 0 Å². The van der Waals surface area contributed by atoms with E-state index in [1.165, 1.54) is 10.7 Å². The zero-order chi connectivity index (χ0) is 15.9. The molecule has 0 radical (unpaired) electrons. The Morgan fingerprint density at radius 3 is 2.64 bits per heavy atom. The minimum absolute atomic E-state index is 0.0309. The van der Waals surface area contributed by atoms with Gasteiger partial charge in [0.1, 0.15) is 5.82 Å². The van der Waals surface area contributed by atoms with Crippen LogP contribution in [0.2, 0.25) is 0 Å². The van der Waals surface area contributed by atoms with E-state index in [0.717, 1.165) is 12.8 Å². The van der Waals surface area contributed by atoms with E-state index in [9.17, 15) is 18.0 Å². The van der Waals surface area contributed by atoms with E-state index in [1.807, 2.05) is 0 Å². The first kappa shape index (κ1) is 15.0. The molecule has 2 amide bonds. The zero-order valence-electron chi connectivity index (χ0n) is 12.2. The van der Waals surface area contributed by atoms with Crippen LogP contribution in [-0.2, 0) is 21.7 Å². The van der Waals surface area contributed by atoms with Crippen LogP contribution in [0.1, 0.15) is 29.8 Å². The van der Waals surface area contributed by atoms with Crippen molar-refractivity contribution < 1.29 is 18.0 Å². The normalized spacial score (nSPS) is 23.2. The number of sulfone groups is 1.